The molecule has 0 saturated heterocycles. The van der Waals surface area contributed by atoms with Crippen molar-refractivity contribution < 1.29 is 14.6 Å². The Kier molecular flexibility index (Phi) is 6.44. The summed E-state index contributed by atoms with van der Waals surface area (Å²) in [6.07, 6.45) is 1.66. The van der Waals surface area contributed by atoms with E-state index in [2.05, 4.69) is 0 Å². The van der Waals surface area contributed by atoms with E-state index in [1.54, 1.807) is 12.1 Å². The molecule has 0 amide bonds. The summed E-state index contributed by atoms with van der Waals surface area (Å²) in [5, 5.41) is 10.4. The van der Waals surface area contributed by atoms with Crippen LogP contribution < -0.4 is 0 Å². The van der Waals surface area contributed by atoms with Crippen molar-refractivity contribution >= 4 is 17.4 Å². The van der Waals surface area contributed by atoms with Gasteiger partial charge >= 0.3 is 5.95 Å². The first-order valence-corrected chi connectivity index (χ1v) is 6.52. The third-order valence-corrected chi connectivity index (χ3v) is 2.54. The maximum atomic E-state index is 9.92. The van der Waals surface area contributed by atoms with E-state index in [-0.39, 0.29) is 5.95 Å². The molecule has 0 atom stereocenters. The highest BCUT2D eigenvalue weighted by atomic mass is 35.5. The van der Waals surface area contributed by atoms with Crippen molar-refractivity contribution in [1.29, 1.82) is 0 Å². The quantitative estimate of drug-likeness (QED) is 0.748. The van der Waals surface area contributed by atoms with Crippen LogP contribution in [0.4, 0.5) is 0 Å². The lowest BCUT2D eigenvalue weighted by atomic mass is 10.2. The molecule has 1 aromatic carbocycles. The molecule has 0 aromatic heterocycles. The van der Waals surface area contributed by atoms with Crippen molar-refractivity contribution in [2.75, 3.05) is 13.2 Å². The molecule has 0 bridgehead atoms. The van der Waals surface area contributed by atoms with E-state index in [4.69, 9.17) is 21.1 Å². The van der Waals surface area contributed by atoms with E-state index in [0.717, 1.165) is 12.8 Å². The molecule has 100 valence electrons. The largest absolute Gasteiger partial charge is 0.486 e. The predicted octanol–water partition coefficient (Wildman–Crippen LogP) is 4.38. The molecule has 0 saturated carbocycles. The van der Waals surface area contributed by atoms with Crippen LogP contribution in [-0.2, 0) is 9.47 Å². The summed E-state index contributed by atoms with van der Waals surface area (Å²) in [6.45, 7) is 4.90. The van der Waals surface area contributed by atoms with Gasteiger partial charge in [-0.15, -0.1) is 0 Å². The zero-order chi connectivity index (χ0) is 13.4. The minimum Gasteiger partial charge on any atom is -0.486 e. The molecule has 0 fully saturated rings. The third-order valence-electron chi connectivity index (χ3n) is 2.21. The van der Waals surface area contributed by atoms with Gasteiger partial charge in [0.05, 0.1) is 18.2 Å². The van der Waals surface area contributed by atoms with Crippen molar-refractivity contribution in [3.8, 4) is 0 Å². The Labute approximate surface area is 113 Å². The Morgan fingerprint density at radius 2 is 1.72 bits per heavy atom. The van der Waals surface area contributed by atoms with E-state index in [1.807, 2.05) is 26.0 Å². The van der Waals surface area contributed by atoms with Crippen LogP contribution in [-0.4, -0.2) is 18.3 Å². The second-order valence-electron chi connectivity index (χ2n) is 3.81. The van der Waals surface area contributed by atoms with Crippen LogP contribution in [0.3, 0.4) is 0 Å². The van der Waals surface area contributed by atoms with Crippen LogP contribution in [0.1, 0.15) is 32.3 Å². The number of aliphatic hydroxyl groups excluding tert-OH is 1. The molecule has 18 heavy (non-hydrogen) atoms. The smallest absolute Gasteiger partial charge is 0.321 e. The Balaban J connectivity index is 3.01. The van der Waals surface area contributed by atoms with Crippen LogP contribution in [0.15, 0.2) is 30.2 Å². The lowest BCUT2D eigenvalue weighted by molar-refractivity contribution is 0.0823. The zero-order valence-corrected chi connectivity index (χ0v) is 11.5. The van der Waals surface area contributed by atoms with E-state index in [0.29, 0.717) is 29.6 Å². The van der Waals surface area contributed by atoms with Gasteiger partial charge in [-0.05, 0) is 25.0 Å². The van der Waals surface area contributed by atoms with Crippen molar-refractivity contribution in [1.82, 2.24) is 0 Å². The van der Waals surface area contributed by atoms with Crippen molar-refractivity contribution in [3.05, 3.63) is 40.8 Å². The standard InChI is InChI=1S/C14H19ClO3/c1-3-9-17-13(14(16)18-10-4-2)11-7-5-6-8-12(11)15/h5-8,16H,3-4,9-10H2,1-2H3. The predicted molar refractivity (Wildman–Crippen MR) is 73.5 cm³/mol. The fourth-order valence-electron chi connectivity index (χ4n) is 1.37. The van der Waals surface area contributed by atoms with Crippen LogP contribution in [0.2, 0.25) is 5.02 Å². The first kappa shape index (κ1) is 14.7. The van der Waals surface area contributed by atoms with Gasteiger partial charge in [0.2, 0.25) is 5.76 Å². The Hall–Kier alpha value is -1.35. The molecule has 3 nitrogen and oxygen atoms in total. The van der Waals surface area contributed by atoms with Gasteiger partial charge in [0.1, 0.15) is 0 Å². The van der Waals surface area contributed by atoms with Gasteiger partial charge in [-0.25, -0.2) is 0 Å². The summed E-state index contributed by atoms with van der Waals surface area (Å²) in [5.74, 6) is 0.0919. The summed E-state index contributed by atoms with van der Waals surface area (Å²) in [7, 11) is 0. The van der Waals surface area contributed by atoms with E-state index in [1.165, 1.54) is 0 Å². The SMILES string of the molecule is CCCOC(O)=C(OCCC)c1ccccc1Cl. The van der Waals surface area contributed by atoms with Crippen LogP contribution in [0.5, 0.6) is 0 Å². The number of ether oxygens (including phenoxy) is 2. The number of benzene rings is 1. The Morgan fingerprint density at radius 1 is 1.11 bits per heavy atom. The summed E-state index contributed by atoms with van der Waals surface area (Å²) in [6, 6.07) is 7.20. The van der Waals surface area contributed by atoms with E-state index >= 15 is 0 Å². The molecular weight excluding hydrogens is 252 g/mol. The number of hydrogen-bond acceptors (Lipinski definition) is 3. The van der Waals surface area contributed by atoms with Gasteiger partial charge in [0, 0.05) is 5.56 Å². The van der Waals surface area contributed by atoms with Crippen LogP contribution >= 0.6 is 11.6 Å². The highest BCUT2D eigenvalue weighted by Gasteiger charge is 2.14. The number of halogens is 1. The molecule has 4 heteroatoms. The summed E-state index contributed by atoms with van der Waals surface area (Å²) in [5.41, 5.74) is 0.640. The van der Waals surface area contributed by atoms with Gasteiger partial charge < -0.3 is 14.6 Å². The Bertz CT molecular complexity index is 402. The lowest BCUT2D eigenvalue weighted by Crippen LogP contribution is -2.03. The fraction of sp³-hybridized carbons (Fsp3) is 0.429. The summed E-state index contributed by atoms with van der Waals surface area (Å²) < 4.78 is 10.7. The number of aliphatic hydroxyl groups is 1. The minimum absolute atomic E-state index is 0.210. The topological polar surface area (TPSA) is 38.7 Å². The van der Waals surface area contributed by atoms with Gasteiger partial charge in [-0.1, -0.05) is 37.6 Å². The minimum atomic E-state index is -0.210. The molecule has 1 N–H and O–H groups in total. The number of hydrogen-bond donors (Lipinski definition) is 1. The molecule has 0 unspecified atom stereocenters. The third kappa shape index (κ3) is 4.15. The molecule has 0 aliphatic rings. The van der Waals surface area contributed by atoms with Gasteiger partial charge in [0.25, 0.3) is 0 Å². The zero-order valence-electron chi connectivity index (χ0n) is 10.8. The first-order valence-electron chi connectivity index (χ1n) is 6.14. The van der Waals surface area contributed by atoms with Crippen LogP contribution in [0, 0.1) is 0 Å². The van der Waals surface area contributed by atoms with Crippen molar-refractivity contribution in [2.24, 2.45) is 0 Å². The van der Waals surface area contributed by atoms with Gasteiger partial charge in [-0.3, -0.25) is 0 Å². The maximum Gasteiger partial charge on any atom is 0.321 e. The highest BCUT2D eigenvalue weighted by molar-refractivity contribution is 6.32. The highest BCUT2D eigenvalue weighted by Crippen LogP contribution is 2.27. The first-order chi connectivity index (χ1) is 8.70. The van der Waals surface area contributed by atoms with Gasteiger partial charge in [0.15, 0.2) is 0 Å². The second-order valence-corrected chi connectivity index (χ2v) is 4.22. The monoisotopic (exact) mass is 270 g/mol. The molecule has 0 aliphatic heterocycles. The van der Waals surface area contributed by atoms with E-state index in [9.17, 15) is 5.11 Å². The molecule has 0 heterocycles. The van der Waals surface area contributed by atoms with Crippen molar-refractivity contribution in [2.45, 2.75) is 26.7 Å². The average molecular weight is 271 g/mol. The van der Waals surface area contributed by atoms with Gasteiger partial charge in [-0.2, -0.15) is 0 Å². The lowest BCUT2D eigenvalue weighted by Gasteiger charge is -2.13. The molecule has 1 aromatic rings. The normalized spacial score (nSPS) is 11.9. The molecular formula is C14H19ClO3. The molecule has 0 radical (unpaired) electrons. The second kappa shape index (κ2) is 7.88. The van der Waals surface area contributed by atoms with E-state index < -0.39 is 0 Å². The maximum absolute atomic E-state index is 9.92. The molecule has 1 rings (SSSR count). The number of rotatable bonds is 7. The van der Waals surface area contributed by atoms with Crippen LogP contribution in [0.25, 0.3) is 5.76 Å². The summed E-state index contributed by atoms with van der Waals surface area (Å²) >= 11 is 6.10. The Morgan fingerprint density at radius 3 is 2.33 bits per heavy atom. The fourth-order valence-corrected chi connectivity index (χ4v) is 1.59. The molecule has 0 spiro atoms. The molecule has 0 aliphatic carbocycles. The van der Waals surface area contributed by atoms with Crippen molar-refractivity contribution in [3.63, 3.8) is 0 Å². The summed E-state index contributed by atoms with van der Waals surface area (Å²) in [4.78, 5) is 0. The average Bonchev–Trinajstić information content (AvgIpc) is 2.38.